The van der Waals surface area contributed by atoms with Gasteiger partial charge < -0.3 is 14.2 Å². The van der Waals surface area contributed by atoms with Crippen molar-refractivity contribution in [1.29, 1.82) is 0 Å². The standard InChI is InChI=1S/C14H14N4O3/c1-19-11-4-9(5-12(20-2)13(11)21-3)10-6-15-14-17-16-8-18(14)7-10/h4-8H,1-3H3. The number of methoxy groups -OCH3 is 3. The van der Waals surface area contributed by atoms with Gasteiger partial charge in [-0.1, -0.05) is 0 Å². The maximum Gasteiger partial charge on any atom is 0.254 e. The number of benzene rings is 1. The van der Waals surface area contributed by atoms with Crippen LogP contribution in [0.3, 0.4) is 0 Å². The third-order valence-electron chi connectivity index (χ3n) is 3.15. The van der Waals surface area contributed by atoms with Gasteiger partial charge in [0.25, 0.3) is 5.78 Å². The number of hydrogen-bond donors (Lipinski definition) is 0. The van der Waals surface area contributed by atoms with Gasteiger partial charge in [-0.15, -0.1) is 10.2 Å². The van der Waals surface area contributed by atoms with Crippen molar-refractivity contribution in [3.63, 3.8) is 0 Å². The molecule has 0 aliphatic carbocycles. The van der Waals surface area contributed by atoms with Gasteiger partial charge in [-0.25, -0.2) is 4.98 Å². The molecule has 108 valence electrons. The van der Waals surface area contributed by atoms with E-state index in [0.717, 1.165) is 11.1 Å². The second-order valence-electron chi connectivity index (χ2n) is 4.29. The Hall–Kier alpha value is -2.83. The summed E-state index contributed by atoms with van der Waals surface area (Å²) in [6, 6.07) is 3.74. The van der Waals surface area contributed by atoms with Crippen LogP contribution in [0, 0.1) is 0 Å². The van der Waals surface area contributed by atoms with Gasteiger partial charge in [-0.2, -0.15) is 0 Å². The first-order valence-corrected chi connectivity index (χ1v) is 6.22. The van der Waals surface area contributed by atoms with Gasteiger partial charge >= 0.3 is 0 Å². The van der Waals surface area contributed by atoms with Crippen molar-refractivity contribution in [2.24, 2.45) is 0 Å². The highest BCUT2D eigenvalue weighted by molar-refractivity contribution is 5.70. The maximum atomic E-state index is 5.36. The molecule has 0 N–H and O–H groups in total. The molecule has 0 amide bonds. The van der Waals surface area contributed by atoms with Crippen molar-refractivity contribution in [3.8, 4) is 28.4 Å². The number of rotatable bonds is 4. The Morgan fingerprint density at radius 1 is 0.952 bits per heavy atom. The van der Waals surface area contributed by atoms with Crippen molar-refractivity contribution in [2.75, 3.05) is 21.3 Å². The Kier molecular flexibility index (Phi) is 3.31. The number of fused-ring (bicyclic) bond motifs is 1. The van der Waals surface area contributed by atoms with Crippen molar-refractivity contribution in [2.45, 2.75) is 0 Å². The molecule has 0 aliphatic rings. The first-order valence-electron chi connectivity index (χ1n) is 6.22. The molecule has 0 unspecified atom stereocenters. The summed E-state index contributed by atoms with van der Waals surface area (Å²) in [5.74, 6) is 2.29. The fourth-order valence-corrected chi connectivity index (χ4v) is 2.13. The van der Waals surface area contributed by atoms with Gasteiger partial charge in [0.15, 0.2) is 11.5 Å². The summed E-state index contributed by atoms with van der Waals surface area (Å²) in [5.41, 5.74) is 1.79. The van der Waals surface area contributed by atoms with Gasteiger partial charge in [0.05, 0.1) is 21.3 Å². The van der Waals surface area contributed by atoms with Gasteiger partial charge in [-0.3, -0.25) is 4.40 Å². The van der Waals surface area contributed by atoms with Crippen molar-refractivity contribution >= 4 is 5.78 Å². The van der Waals surface area contributed by atoms with Crippen LogP contribution in [0.25, 0.3) is 16.9 Å². The smallest absolute Gasteiger partial charge is 0.254 e. The van der Waals surface area contributed by atoms with E-state index < -0.39 is 0 Å². The topological polar surface area (TPSA) is 70.8 Å². The van der Waals surface area contributed by atoms with Crippen molar-refractivity contribution in [3.05, 3.63) is 30.9 Å². The number of ether oxygens (including phenoxy) is 3. The minimum absolute atomic E-state index is 0.547. The summed E-state index contributed by atoms with van der Waals surface area (Å²) in [6.45, 7) is 0. The zero-order valence-electron chi connectivity index (χ0n) is 11.9. The van der Waals surface area contributed by atoms with Crippen molar-refractivity contribution in [1.82, 2.24) is 19.6 Å². The summed E-state index contributed by atoms with van der Waals surface area (Å²) < 4.78 is 17.8. The van der Waals surface area contributed by atoms with Crippen LogP contribution in [-0.4, -0.2) is 40.9 Å². The van der Waals surface area contributed by atoms with E-state index in [2.05, 4.69) is 15.2 Å². The lowest BCUT2D eigenvalue weighted by Gasteiger charge is -2.14. The van der Waals surface area contributed by atoms with Gasteiger partial charge in [0.1, 0.15) is 6.33 Å². The Balaban J connectivity index is 2.16. The molecular formula is C14H14N4O3. The van der Waals surface area contributed by atoms with Crippen LogP contribution in [0.15, 0.2) is 30.9 Å². The highest BCUT2D eigenvalue weighted by Crippen LogP contribution is 2.40. The van der Waals surface area contributed by atoms with E-state index in [-0.39, 0.29) is 0 Å². The highest BCUT2D eigenvalue weighted by Gasteiger charge is 2.14. The molecule has 7 heteroatoms. The Morgan fingerprint density at radius 3 is 2.29 bits per heavy atom. The fraction of sp³-hybridized carbons (Fsp3) is 0.214. The summed E-state index contributed by atoms with van der Waals surface area (Å²) in [7, 11) is 4.75. The summed E-state index contributed by atoms with van der Waals surface area (Å²) in [4.78, 5) is 4.25. The molecule has 0 fully saturated rings. The van der Waals surface area contributed by atoms with Gasteiger partial charge in [-0.05, 0) is 17.7 Å². The SMILES string of the molecule is COc1cc(-c2cnc3nncn3c2)cc(OC)c1OC. The molecule has 7 nitrogen and oxygen atoms in total. The largest absolute Gasteiger partial charge is 0.493 e. The minimum atomic E-state index is 0.547. The second-order valence-corrected chi connectivity index (χ2v) is 4.29. The minimum Gasteiger partial charge on any atom is -0.493 e. The van der Waals surface area contributed by atoms with E-state index in [1.165, 1.54) is 0 Å². The molecule has 3 rings (SSSR count). The van der Waals surface area contributed by atoms with Crippen LogP contribution < -0.4 is 14.2 Å². The summed E-state index contributed by atoms with van der Waals surface area (Å²) >= 11 is 0. The van der Waals surface area contributed by atoms with E-state index in [0.29, 0.717) is 23.0 Å². The highest BCUT2D eigenvalue weighted by atomic mass is 16.5. The van der Waals surface area contributed by atoms with E-state index in [4.69, 9.17) is 14.2 Å². The zero-order valence-corrected chi connectivity index (χ0v) is 11.9. The molecule has 2 heterocycles. The number of aromatic nitrogens is 4. The second kappa shape index (κ2) is 5.28. The number of hydrogen-bond acceptors (Lipinski definition) is 6. The Labute approximate surface area is 121 Å². The van der Waals surface area contributed by atoms with Crippen LogP contribution in [-0.2, 0) is 0 Å². The lowest BCUT2D eigenvalue weighted by molar-refractivity contribution is 0.324. The molecule has 0 atom stereocenters. The zero-order chi connectivity index (χ0) is 14.8. The van der Waals surface area contributed by atoms with E-state index in [1.807, 2.05) is 18.3 Å². The molecule has 1 aromatic carbocycles. The first kappa shape index (κ1) is 13.2. The van der Waals surface area contributed by atoms with Crippen LogP contribution in [0.2, 0.25) is 0 Å². The molecule has 0 bridgehead atoms. The van der Waals surface area contributed by atoms with E-state index >= 15 is 0 Å². The molecule has 21 heavy (non-hydrogen) atoms. The normalized spacial score (nSPS) is 10.6. The summed E-state index contributed by atoms with van der Waals surface area (Å²) in [5, 5.41) is 7.69. The fourth-order valence-electron chi connectivity index (χ4n) is 2.13. The average Bonchev–Trinajstić information content (AvgIpc) is 3.00. The lowest BCUT2D eigenvalue weighted by Crippen LogP contribution is -1.96. The number of nitrogens with zero attached hydrogens (tertiary/aromatic N) is 4. The Bertz CT molecular complexity index is 760. The van der Waals surface area contributed by atoms with Gasteiger partial charge in [0, 0.05) is 18.0 Å². The molecular weight excluding hydrogens is 272 g/mol. The van der Waals surface area contributed by atoms with Crippen LogP contribution >= 0.6 is 0 Å². The predicted molar refractivity (Wildman–Crippen MR) is 75.9 cm³/mol. The third-order valence-corrected chi connectivity index (χ3v) is 3.15. The maximum absolute atomic E-state index is 5.36. The monoisotopic (exact) mass is 286 g/mol. The molecule has 0 aliphatic heterocycles. The molecule has 0 spiro atoms. The third kappa shape index (κ3) is 2.22. The molecule has 3 aromatic rings. The quantitative estimate of drug-likeness (QED) is 0.728. The molecule has 0 saturated heterocycles. The van der Waals surface area contributed by atoms with Crippen LogP contribution in [0.4, 0.5) is 0 Å². The Morgan fingerprint density at radius 2 is 1.67 bits per heavy atom. The molecule has 2 aromatic heterocycles. The average molecular weight is 286 g/mol. The lowest BCUT2D eigenvalue weighted by atomic mass is 10.1. The molecule has 0 radical (unpaired) electrons. The van der Waals surface area contributed by atoms with Crippen molar-refractivity contribution < 1.29 is 14.2 Å². The van der Waals surface area contributed by atoms with E-state index in [1.54, 1.807) is 38.3 Å². The van der Waals surface area contributed by atoms with Crippen LogP contribution in [0.5, 0.6) is 17.2 Å². The van der Waals surface area contributed by atoms with Gasteiger partial charge in [0.2, 0.25) is 5.75 Å². The summed E-state index contributed by atoms with van der Waals surface area (Å²) in [6.07, 6.45) is 5.22. The predicted octanol–water partition coefficient (Wildman–Crippen LogP) is 1.82. The molecule has 0 saturated carbocycles. The van der Waals surface area contributed by atoms with E-state index in [9.17, 15) is 0 Å². The van der Waals surface area contributed by atoms with Crippen LogP contribution in [0.1, 0.15) is 0 Å². The first-order chi connectivity index (χ1) is 10.3.